The first-order valence-corrected chi connectivity index (χ1v) is 12.7. The minimum atomic E-state index is -0.694. The number of benzene rings is 5. The quantitative estimate of drug-likeness (QED) is 0.221. The Bertz CT molecular complexity index is 1530. The van der Waals surface area contributed by atoms with Crippen LogP contribution in [0.2, 0.25) is 0 Å². The molecule has 38 heavy (non-hydrogen) atoms. The van der Waals surface area contributed by atoms with Crippen LogP contribution >= 0.6 is 0 Å². The molecule has 0 saturated heterocycles. The second-order valence-corrected chi connectivity index (χ2v) is 9.68. The third kappa shape index (κ3) is 4.90. The largest absolute Gasteiger partial charge is 0.453 e. The van der Waals surface area contributed by atoms with E-state index in [1.165, 1.54) is 13.8 Å². The zero-order chi connectivity index (χ0) is 26.8. The molecule has 5 aromatic rings. The normalized spacial score (nSPS) is 12.7. The summed E-state index contributed by atoms with van der Waals surface area (Å²) in [6, 6.07) is 32.3. The molecule has 5 aromatic carbocycles. The van der Waals surface area contributed by atoms with Crippen molar-refractivity contribution < 1.29 is 19.1 Å². The molecule has 4 heteroatoms. The van der Waals surface area contributed by atoms with Crippen molar-refractivity contribution in [2.24, 2.45) is 0 Å². The van der Waals surface area contributed by atoms with Crippen molar-refractivity contribution in [2.75, 3.05) is 0 Å². The number of esters is 2. The van der Waals surface area contributed by atoms with Crippen molar-refractivity contribution in [1.29, 1.82) is 0 Å². The molecule has 0 spiro atoms. The van der Waals surface area contributed by atoms with Crippen LogP contribution in [-0.4, -0.2) is 11.9 Å². The molecule has 0 fully saturated rings. The van der Waals surface area contributed by atoms with Crippen LogP contribution in [0.25, 0.3) is 21.5 Å². The Kier molecular flexibility index (Phi) is 6.97. The fourth-order valence-electron chi connectivity index (χ4n) is 5.19. The van der Waals surface area contributed by atoms with Crippen molar-refractivity contribution >= 4 is 33.5 Å². The second kappa shape index (κ2) is 10.5. The maximum Gasteiger partial charge on any atom is 0.303 e. The number of hydrogen-bond acceptors (Lipinski definition) is 4. The first-order chi connectivity index (χ1) is 18.3. The molecule has 0 N–H and O–H groups in total. The highest BCUT2D eigenvalue weighted by Crippen LogP contribution is 2.41. The lowest BCUT2D eigenvalue weighted by atomic mass is 9.85. The number of carbonyl (C=O) groups is 2. The first kappa shape index (κ1) is 25.2. The maximum atomic E-state index is 12.5. The highest BCUT2D eigenvalue weighted by molar-refractivity contribution is 5.88. The van der Waals surface area contributed by atoms with E-state index in [1.54, 1.807) is 0 Å². The van der Waals surface area contributed by atoms with Gasteiger partial charge in [-0.2, -0.15) is 0 Å². The van der Waals surface area contributed by atoms with Gasteiger partial charge >= 0.3 is 11.9 Å². The smallest absolute Gasteiger partial charge is 0.303 e. The predicted octanol–water partition coefficient (Wildman–Crippen LogP) is 7.91. The summed E-state index contributed by atoms with van der Waals surface area (Å²) in [5.74, 6) is -0.775. The van der Waals surface area contributed by atoms with Gasteiger partial charge in [0, 0.05) is 36.1 Å². The summed E-state index contributed by atoms with van der Waals surface area (Å²) in [5.41, 5.74) is 5.45. The van der Waals surface area contributed by atoms with E-state index in [1.807, 2.05) is 98.8 Å². The monoisotopic (exact) mass is 502 g/mol. The zero-order valence-electron chi connectivity index (χ0n) is 22.0. The van der Waals surface area contributed by atoms with Crippen LogP contribution in [0, 0.1) is 13.8 Å². The van der Waals surface area contributed by atoms with Crippen molar-refractivity contribution in [3.8, 4) is 0 Å². The number of hydrogen-bond donors (Lipinski definition) is 0. The summed E-state index contributed by atoms with van der Waals surface area (Å²) >= 11 is 0. The van der Waals surface area contributed by atoms with Crippen LogP contribution in [0.3, 0.4) is 0 Å². The van der Waals surface area contributed by atoms with E-state index in [2.05, 4.69) is 12.1 Å². The number of carbonyl (C=O) groups excluding carboxylic acids is 2. The summed E-state index contributed by atoms with van der Waals surface area (Å²) in [5, 5.41) is 4.11. The van der Waals surface area contributed by atoms with E-state index >= 15 is 0 Å². The molecular formula is C34H30O4. The van der Waals surface area contributed by atoms with E-state index in [9.17, 15) is 9.59 Å². The molecule has 0 aliphatic rings. The predicted molar refractivity (Wildman–Crippen MR) is 151 cm³/mol. The van der Waals surface area contributed by atoms with Crippen molar-refractivity contribution in [2.45, 2.75) is 39.9 Å². The highest BCUT2D eigenvalue weighted by Gasteiger charge is 2.30. The maximum absolute atomic E-state index is 12.5. The van der Waals surface area contributed by atoms with Gasteiger partial charge in [0.05, 0.1) is 0 Å². The van der Waals surface area contributed by atoms with E-state index in [0.717, 1.165) is 54.9 Å². The van der Waals surface area contributed by atoms with E-state index in [-0.39, 0.29) is 11.9 Å². The molecule has 0 saturated carbocycles. The highest BCUT2D eigenvalue weighted by atomic mass is 16.5. The lowest BCUT2D eigenvalue weighted by molar-refractivity contribution is -0.146. The van der Waals surface area contributed by atoms with Crippen LogP contribution < -0.4 is 0 Å². The van der Waals surface area contributed by atoms with Crippen molar-refractivity contribution in [3.05, 3.63) is 130 Å². The fraction of sp³-hybridized carbons (Fsp3) is 0.176. The van der Waals surface area contributed by atoms with Gasteiger partial charge in [-0.1, -0.05) is 97.1 Å². The molecule has 2 atom stereocenters. The molecule has 0 amide bonds. The Morgan fingerprint density at radius 1 is 0.526 bits per heavy atom. The number of ether oxygens (including phenoxy) is 2. The van der Waals surface area contributed by atoms with E-state index < -0.39 is 12.2 Å². The van der Waals surface area contributed by atoms with Gasteiger partial charge in [-0.25, -0.2) is 0 Å². The average Bonchev–Trinajstić information content (AvgIpc) is 2.91. The van der Waals surface area contributed by atoms with E-state index in [0.29, 0.717) is 0 Å². The number of fused-ring (bicyclic) bond motifs is 2. The van der Waals surface area contributed by atoms with Gasteiger partial charge in [-0.3, -0.25) is 9.59 Å². The average molecular weight is 503 g/mol. The van der Waals surface area contributed by atoms with Crippen molar-refractivity contribution in [1.82, 2.24) is 0 Å². The molecule has 190 valence electrons. The van der Waals surface area contributed by atoms with Gasteiger partial charge in [0.2, 0.25) is 0 Å². The van der Waals surface area contributed by atoms with Gasteiger partial charge in [-0.15, -0.1) is 0 Å². The summed E-state index contributed by atoms with van der Waals surface area (Å²) in [6.45, 7) is 6.92. The van der Waals surface area contributed by atoms with Crippen LogP contribution in [0.15, 0.2) is 97.1 Å². The molecule has 4 nitrogen and oxygen atoms in total. The Morgan fingerprint density at radius 2 is 0.895 bits per heavy atom. The summed E-state index contributed by atoms with van der Waals surface area (Å²) in [4.78, 5) is 25.0. The minimum absolute atomic E-state index is 0.388. The molecule has 0 heterocycles. The minimum Gasteiger partial charge on any atom is -0.453 e. The lowest BCUT2D eigenvalue weighted by Gasteiger charge is -2.28. The van der Waals surface area contributed by atoms with Crippen LogP contribution in [-0.2, 0) is 19.1 Å². The molecule has 0 aliphatic carbocycles. The SMILES string of the molecule is CC(=O)OC(c1cc(C)c(C)cc1C(OC(C)=O)c1cccc2ccccc12)c1cccc2ccccc12. The fourth-order valence-corrected chi connectivity index (χ4v) is 5.19. The van der Waals surface area contributed by atoms with Crippen LogP contribution in [0.4, 0.5) is 0 Å². The molecule has 0 radical (unpaired) electrons. The van der Waals surface area contributed by atoms with Gasteiger partial charge < -0.3 is 9.47 Å². The summed E-state index contributed by atoms with van der Waals surface area (Å²) in [7, 11) is 0. The number of rotatable bonds is 6. The van der Waals surface area contributed by atoms with Gasteiger partial charge in [0.15, 0.2) is 12.2 Å². The Balaban J connectivity index is 1.81. The molecular weight excluding hydrogens is 472 g/mol. The molecule has 0 bridgehead atoms. The third-order valence-corrected chi connectivity index (χ3v) is 7.04. The van der Waals surface area contributed by atoms with Gasteiger partial charge in [0.1, 0.15) is 0 Å². The second-order valence-electron chi connectivity index (χ2n) is 9.68. The summed E-state index contributed by atoms with van der Waals surface area (Å²) in [6.07, 6.45) is -1.39. The molecule has 0 aliphatic heterocycles. The Labute approximate surface area is 222 Å². The topological polar surface area (TPSA) is 52.6 Å². The number of aryl methyl sites for hydroxylation is 2. The zero-order valence-corrected chi connectivity index (χ0v) is 22.0. The molecule has 0 aromatic heterocycles. The van der Waals surface area contributed by atoms with Crippen LogP contribution in [0.1, 0.15) is 59.4 Å². The standard InChI is InChI=1S/C34H30O4/c1-21-19-31(33(37-23(3)35)29-17-9-13-25-11-5-7-15-27(25)29)32(20-22(21)2)34(38-24(4)36)30-18-10-14-26-12-6-8-16-28(26)30/h5-20,33-34H,1-4H3. The van der Waals surface area contributed by atoms with E-state index in [4.69, 9.17) is 9.47 Å². The Hall–Kier alpha value is -4.44. The van der Waals surface area contributed by atoms with Crippen LogP contribution in [0.5, 0.6) is 0 Å². The lowest BCUT2D eigenvalue weighted by Crippen LogP contribution is -2.18. The molecule has 2 unspecified atom stereocenters. The Morgan fingerprint density at radius 3 is 1.29 bits per heavy atom. The summed E-state index contributed by atoms with van der Waals surface area (Å²) < 4.78 is 12.1. The van der Waals surface area contributed by atoms with Gasteiger partial charge in [0.25, 0.3) is 0 Å². The molecule has 5 rings (SSSR count). The first-order valence-electron chi connectivity index (χ1n) is 12.7. The third-order valence-electron chi connectivity index (χ3n) is 7.04. The van der Waals surface area contributed by atoms with Gasteiger partial charge in [-0.05, 0) is 46.5 Å². The van der Waals surface area contributed by atoms with Crippen molar-refractivity contribution in [3.63, 3.8) is 0 Å².